The summed E-state index contributed by atoms with van der Waals surface area (Å²) in [5.41, 5.74) is 4.58. The fourth-order valence-electron chi connectivity index (χ4n) is 3.82. The molecular weight excluding hydrogens is 450 g/mol. The zero-order chi connectivity index (χ0) is 22.9. The van der Waals surface area contributed by atoms with Gasteiger partial charge in [-0.05, 0) is 50.2 Å². The van der Waals surface area contributed by atoms with Gasteiger partial charge >= 0.3 is 0 Å². The van der Waals surface area contributed by atoms with E-state index in [-0.39, 0.29) is 5.91 Å². The van der Waals surface area contributed by atoms with E-state index in [0.29, 0.717) is 16.3 Å². The van der Waals surface area contributed by atoms with Gasteiger partial charge in [0.25, 0.3) is 5.91 Å². The van der Waals surface area contributed by atoms with Crippen LogP contribution in [0.25, 0.3) is 22.2 Å². The fraction of sp³-hybridized carbons (Fsp3) is 0.0741. The Morgan fingerprint density at radius 3 is 2.36 bits per heavy atom. The summed E-state index contributed by atoms with van der Waals surface area (Å²) in [6.07, 6.45) is 0. The molecule has 6 heteroatoms. The van der Waals surface area contributed by atoms with Gasteiger partial charge in [-0.25, -0.2) is 4.98 Å². The van der Waals surface area contributed by atoms with Crippen molar-refractivity contribution in [3.8, 4) is 11.3 Å². The Balaban J connectivity index is 1.61. The van der Waals surface area contributed by atoms with Gasteiger partial charge in [0.2, 0.25) is 0 Å². The number of rotatable bonds is 4. The van der Waals surface area contributed by atoms with Crippen LogP contribution in [-0.4, -0.2) is 20.7 Å². The topological polar surface area (TPSA) is 47.8 Å². The van der Waals surface area contributed by atoms with Gasteiger partial charge in [0.15, 0.2) is 0 Å². The third kappa shape index (κ3) is 4.17. The molecule has 0 aliphatic heterocycles. The molecule has 5 aromatic rings. The number of aromatic nitrogens is 3. The minimum atomic E-state index is -0.177. The van der Waals surface area contributed by atoms with Crippen molar-refractivity contribution in [2.75, 3.05) is 0 Å². The number of fused-ring (bicyclic) bond motifs is 1. The van der Waals surface area contributed by atoms with Gasteiger partial charge in [-0.15, -0.1) is 0 Å². The van der Waals surface area contributed by atoms with Crippen LogP contribution >= 0.6 is 23.4 Å². The Bertz CT molecular complexity index is 1480. The minimum Gasteiger partial charge on any atom is -0.267 e. The summed E-state index contributed by atoms with van der Waals surface area (Å²) in [7, 11) is 0. The summed E-state index contributed by atoms with van der Waals surface area (Å²) in [5.74, 6) is -0.177. The molecule has 0 radical (unpaired) electrons. The van der Waals surface area contributed by atoms with E-state index in [2.05, 4.69) is 17.2 Å². The first-order valence-electron chi connectivity index (χ1n) is 10.5. The lowest BCUT2D eigenvalue weighted by Crippen LogP contribution is -2.16. The molecule has 0 amide bonds. The van der Waals surface area contributed by atoms with Crippen molar-refractivity contribution < 1.29 is 4.79 Å². The first-order chi connectivity index (χ1) is 16.0. The van der Waals surface area contributed by atoms with Gasteiger partial charge in [0.05, 0.1) is 33.1 Å². The van der Waals surface area contributed by atoms with E-state index >= 15 is 0 Å². The van der Waals surface area contributed by atoms with E-state index in [0.717, 1.165) is 37.6 Å². The van der Waals surface area contributed by atoms with Crippen LogP contribution in [0.2, 0.25) is 5.02 Å². The number of benzene rings is 3. The molecule has 0 saturated carbocycles. The maximum atomic E-state index is 13.8. The van der Waals surface area contributed by atoms with Crippen molar-refractivity contribution >= 4 is 40.2 Å². The third-order valence-electron chi connectivity index (χ3n) is 5.47. The van der Waals surface area contributed by atoms with Crippen LogP contribution in [0.15, 0.2) is 94.7 Å². The van der Waals surface area contributed by atoms with Crippen LogP contribution in [0.5, 0.6) is 0 Å². The molecule has 0 saturated heterocycles. The van der Waals surface area contributed by atoms with Crippen LogP contribution in [0.1, 0.15) is 21.7 Å². The highest BCUT2D eigenvalue weighted by Gasteiger charge is 2.21. The van der Waals surface area contributed by atoms with Crippen LogP contribution in [0, 0.1) is 13.8 Å². The zero-order valence-corrected chi connectivity index (χ0v) is 19.7. The van der Waals surface area contributed by atoms with Crippen LogP contribution < -0.4 is 0 Å². The van der Waals surface area contributed by atoms with Crippen LogP contribution in [0.4, 0.5) is 0 Å². The van der Waals surface area contributed by atoms with Gasteiger partial charge in [0.1, 0.15) is 0 Å². The molecule has 0 aliphatic carbocycles. The Labute approximate surface area is 201 Å². The molecule has 0 fully saturated rings. The number of aryl methyl sites for hydroxylation is 1. The largest absolute Gasteiger partial charge is 0.279 e. The van der Waals surface area contributed by atoms with Crippen molar-refractivity contribution in [2.24, 2.45) is 0 Å². The second-order valence-electron chi connectivity index (χ2n) is 7.71. The van der Waals surface area contributed by atoms with E-state index in [1.54, 1.807) is 11.8 Å². The first kappa shape index (κ1) is 21.4. The van der Waals surface area contributed by atoms with Gasteiger partial charge in [-0.2, -0.15) is 9.78 Å². The number of carbonyl (C=O) groups excluding carboxylic acids is 1. The SMILES string of the molecule is Cc1nn(C(=O)c2cc(-c3ccc(Cl)cc3)nc3ccccc23)c(C)c1Sc1ccccc1. The Morgan fingerprint density at radius 2 is 1.61 bits per heavy atom. The predicted molar refractivity (Wildman–Crippen MR) is 134 cm³/mol. The smallest absolute Gasteiger partial charge is 0.267 e. The number of carbonyl (C=O) groups is 1. The summed E-state index contributed by atoms with van der Waals surface area (Å²) in [6.45, 7) is 3.87. The maximum Gasteiger partial charge on any atom is 0.279 e. The van der Waals surface area contributed by atoms with E-state index in [1.165, 1.54) is 4.68 Å². The lowest BCUT2D eigenvalue weighted by molar-refractivity contribution is 0.0943. The molecule has 2 aromatic heterocycles. The zero-order valence-electron chi connectivity index (χ0n) is 18.1. The van der Waals surface area contributed by atoms with E-state index in [9.17, 15) is 4.79 Å². The number of nitrogens with zero attached hydrogens (tertiary/aromatic N) is 3. The van der Waals surface area contributed by atoms with E-state index < -0.39 is 0 Å². The highest BCUT2D eigenvalue weighted by atomic mass is 35.5. The molecule has 3 aromatic carbocycles. The molecule has 0 bridgehead atoms. The highest BCUT2D eigenvalue weighted by molar-refractivity contribution is 7.99. The summed E-state index contributed by atoms with van der Waals surface area (Å²) in [5, 5.41) is 6.06. The molecule has 0 unspecified atom stereocenters. The molecule has 2 heterocycles. The van der Waals surface area contributed by atoms with Crippen LogP contribution in [0.3, 0.4) is 0 Å². The maximum absolute atomic E-state index is 13.8. The molecule has 33 heavy (non-hydrogen) atoms. The molecule has 0 N–H and O–H groups in total. The highest BCUT2D eigenvalue weighted by Crippen LogP contribution is 2.33. The molecule has 0 spiro atoms. The number of halogens is 1. The Hall–Kier alpha value is -3.41. The number of pyridine rings is 1. The van der Waals surface area contributed by atoms with Crippen molar-refractivity contribution in [3.05, 3.63) is 107 Å². The van der Waals surface area contributed by atoms with Gasteiger partial charge in [-0.3, -0.25) is 4.79 Å². The Kier molecular flexibility index (Phi) is 5.75. The fourth-order valence-corrected chi connectivity index (χ4v) is 4.89. The second kappa shape index (κ2) is 8.85. The second-order valence-corrected chi connectivity index (χ2v) is 9.23. The average Bonchev–Trinajstić information content (AvgIpc) is 3.12. The van der Waals surface area contributed by atoms with E-state index in [4.69, 9.17) is 16.6 Å². The van der Waals surface area contributed by atoms with Crippen molar-refractivity contribution in [1.29, 1.82) is 0 Å². The van der Waals surface area contributed by atoms with Gasteiger partial charge in [-0.1, -0.05) is 71.9 Å². The average molecular weight is 470 g/mol. The molecule has 0 aliphatic rings. The predicted octanol–water partition coefficient (Wildman–Crippen LogP) is 7.21. The standard InChI is InChI=1S/C27H20ClN3OS/c1-17-26(33-21-8-4-3-5-9-21)18(2)31(30-17)27(32)23-16-25(19-12-14-20(28)15-13-19)29-24-11-7-6-10-22(23)24/h3-16H,1-2H3. The molecule has 5 rings (SSSR count). The van der Waals surface area contributed by atoms with Gasteiger partial charge in [0, 0.05) is 20.9 Å². The van der Waals surface area contributed by atoms with Crippen molar-refractivity contribution in [2.45, 2.75) is 23.6 Å². The molecule has 0 atom stereocenters. The minimum absolute atomic E-state index is 0.177. The summed E-state index contributed by atoms with van der Waals surface area (Å²) < 4.78 is 1.51. The number of hydrogen-bond donors (Lipinski definition) is 0. The van der Waals surface area contributed by atoms with Crippen molar-refractivity contribution in [1.82, 2.24) is 14.8 Å². The normalized spacial score (nSPS) is 11.1. The van der Waals surface area contributed by atoms with Gasteiger partial charge < -0.3 is 0 Å². The summed E-state index contributed by atoms with van der Waals surface area (Å²) in [4.78, 5) is 20.7. The quantitative estimate of drug-likeness (QED) is 0.279. The third-order valence-corrected chi connectivity index (χ3v) is 7.02. The van der Waals surface area contributed by atoms with E-state index in [1.807, 2.05) is 86.6 Å². The number of para-hydroxylation sites is 1. The molecule has 162 valence electrons. The molecular formula is C27H20ClN3OS. The lowest BCUT2D eigenvalue weighted by atomic mass is 10.0. The Morgan fingerprint density at radius 1 is 0.909 bits per heavy atom. The van der Waals surface area contributed by atoms with Crippen LogP contribution in [-0.2, 0) is 0 Å². The first-order valence-corrected chi connectivity index (χ1v) is 11.7. The lowest BCUT2D eigenvalue weighted by Gasteiger charge is -2.10. The number of hydrogen-bond acceptors (Lipinski definition) is 4. The monoisotopic (exact) mass is 469 g/mol. The summed E-state index contributed by atoms with van der Waals surface area (Å²) in [6, 6.07) is 27.1. The molecule has 4 nitrogen and oxygen atoms in total. The summed E-state index contributed by atoms with van der Waals surface area (Å²) >= 11 is 7.68. The van der Waals surface area contributed by atoms with Crippen molar-refractivity contribution in [3.63, 3.8) is 0 Å².